The summed E-state index contributed by atoms with van der Waals surface area (Å²) in [6.45, 7) is 4.17. The van der Waals surface area contributed by atoms with Crippen molar-refractivity contribution in [1.82, 2.24) is 5.32 Å². The first-order valence-corrected chi connectivity index (χ1v) is 9.71. The Hall–Kier alpha value is -1.85. The van der Waals surface area contributed by atoms with Crippen LogP contribution in [0.5, 0.6) is 5.75 Å². The van der Waals surface area contributed by atoms with Gasteiger partial charge in [-0.05, 0) is 49.6 Å². The van der Waals surface area contributed by atoms with Crippen LogP contribution in [0, 0.1) is 6.92 Å². The van der Waals surface area contributed by atoms with E-state index in [-0.39, 0.29) is 5.91 Å². The van der Waals surface area contributed by atoms with Crippen LogP contribution >= 0.6 is 15.9 Å². The number of ether oxygens (including phenoxy) is 2. The van der Waals surface area contributed by atoms with Crippen molar-refractivity contribution in [2.24, 2.45) is 0 Å². The van der Waals surface area contributed by atoms with Crippen LogP contribution in [0.4, 0.5) is 0 Å². The highest BCUT2D eigenvalue weighted by atomic mass is 79.9. The van der Waals surface area contributed by atoms with Gasteiger partial charge in [0.25, 0.3) is 0 Å². The maximum absolute atomic E-state index is 13.0. The molecule has 26 heavy (non-hydrogen) atoms. The van der Waals surface area contributed by atoms with E-state index in [1.165, 1.54) is 5.56 Å². The zero-order chi connectivity index (χ0) is 18.4. The summed E-state index contributed by atoms with van der Waals surface area (Å²) in [7, 11) is 0. The molecule has 1 heterocycles. The lowest BCUT2D eigenvalue weighted by molar-refractivity contribution is -0.130. The predicted octanol–water partition coefficient (Wildman–Crippen LogP) is 4.00. The third-order valence-electron chi connectivity index (χ3n) is 4.86. The minimum Gasteiger partial charge on any atom is -0.492 e. The van der Waals surface area contributed by atoms with Crippen LogP contribution in [0.3, 0.4) is 0 Å². The van der Waals surface area contributed by atoms with E-state index in [1.54, 1.807) is 0 Å². The van der Waals surface area contributed by atoms with Crippen LogP contribution in [0.2, 0.25) is 0 Å². The van der Waals surface area contributed by atoms with E-state index >= 15 is 0 Å². The molecule has 1 amide bonds. The fourth-order valence-corrected chi connectivity index (χ4v) is 3.54. The van der Waals surface area contributed by atoms with E-state index in [0.717, 1.165) is 15.8 Å². The Kier molecular flexibility index (Phi) is 6.33. The van der Waals surface area contributed by atoms with Crippen molar-refractivity contribution in [2.75, 3.05) is 26.4 Å². The van der Waals surface area contributed by atoms with Crippen LogP contribution in [-0.4, -0.2) is 32.3 Å². The van der Waals surface area contributed by atoms with E-state index < -0.39 is 5.41 Å². The van der Waals surface area contributed by atoms with Gasteiger partial charge in [0.05, 0.1) is 12.0 Å². The second-order valence-electron chi connectivity index (χ2n) is 6.62. The number of carbonyl (C=O) groups is 1. The maximum atomic E-state index is 13.0. The molecule has 1 aliphatic rings. The Balaban J connectivity index is 1.61. The summed E-state index contributed by atoms with van der Waals surface area (Å²) in [5, 5.41) is 3.06. The molecule has 0 radical (unpaired) electrons. The molecule has 0 unspecified atom stereocenters. The van der Waals surface area contributed by atoms with Crippen molar-refractivity contribution in [1.29, 1.82) is 0 Å². The van der Waals surface area contributed by atoms with Gasteiger partial charge < -0.3 is 14.8 Å². The van der Waals surface area contributed by atoms with Crippen LogP contribution in [0.25, 0.3) is 0 Å². The van der Waals surface area contributed by atoms with Gasteiger partial charge in [0.2, 0.25) is 5.91 Å². The minimum atomic E-state index is -0.525. The Morgan fingerprint density at radius 3 is 2.42 bits per heavy atom. The molecule has 0 saturated carbocycles. The summed E-state index contributed by atoms with van der Waals surface area (Å²) >= 11 is 3.46. The van der Waals surface area contributed by atoms with Gasteiger partial charge in [-0.25, -0.2) is 0 Å². The molecule has 0 aliphatic carbocycles. The summed E-state index contributed by atoms with van der Waals surface area (Å²) in [6, 6.07) is 15.9. The number of aryl methyl sites for hydroxylation is 1. The first-order valence-electron chi connectivity index (χ1n) is 8.92. The molecule has 4 nitrogen and oxygen atoms in total. The number of nitrogens with one attached hydrogen (secondary N) is 1. The molecule has 1 N–H and O–H groups in total. The van der Waals surface area contributed by atoms with Crippen molar-refractivity contribution in [3.63, 3.8) is 0 Å². The van der Waals surface area contributed by atoms with Crippen LogP contribution < -0.4 is 10.1 Å². The smallest absolute Gasteiger partial charge is 0.230 e. The Bertz CT molecular complexity index is 722. The van der Waals surface area contributed by atoms with E-state index in [2.05, 4.69) is 21.2 Å². The summed E-state index contributed by atoms with van der Waals surface area (Å²) in [5.74, 6) is 0.870. The van der Waals surface area contributed by atoms with Gasteiger partial charge in [-0.1, -0.05) is 45.8 Å². The predicted molar refractivity (Wildman–Crippen MR) is 106 cm³/mol. The molecular weight excluding hydrogens is 394 g/mol. The molecule has 5 heteroatoms. The molecule has 3 rings (SSSR count). The fourth-order valence-electron chi connectivity index (χ4n) is 3.27. The maximum Gasteiger partial charge on any atom is 0.230 e. The van der Waals surface area contributed by atoms with E-state index in [0.29, 0.717) is 39.2 Å². The van der Waals surface area contributed by atoms with Gasteiger partial charge in [-0.2, -0.15) is 0 Å². The molecule has 0 bridgehead atoms. The third-order valence-corrected chi connectivity index (χ3v) is 5.38. The van der Waals surface area contributed by atoms with Gasteiger partial charge in [0.15, 0.2) is 0 Å². The summed E-state index contributed by atoms with van der Waals surface area (Å²) in [6.07, 6.45) is 1.39. The van der Waals surface area contributed by atoms with Gasteiger partial charge >= 0.3 is 0 Å². The molecule has 1 fully saturated rings. The Morgan fingerprint density at radius 1 is 1.12 bits per heavy atom. The van der Waals surface area contributed by atoms with Crippen molar-refractivity contribution in [3.8, 4) is 5.75 Å². The van der Waals surface area contributed by atoms with E-state index in [9.17, 15) is 4.79 Å². The van der Waals surface area contributed by atoms with Crippen LogP contribution in [0.1, 0.15) is 24.0 Å². The summed E-state index contributed by atoms with van der Waals surface area (Å²) in [4.78, 5) is 13.0. The molecule has 1 aliphatic heterocycles. The van der Waals surface area contributed by atoms with Gasteiger partial charge in [0, 0.05) is 17.7 Å². The number of benzene rings is 2. The average molecular weight is 418 g/mol. The molecular formula is C21H24BrNO3. The lowest BCUT2D eigenvalue weighted by Crippen LogP contribution is -2.48. The number of rotatable bonds is 6. The Morgan fingerprint density at radius 2 is 1.77 bits per heavy atom. The van der Waals surface area contributed by atoms with Crippen LogP contribution in [0.15, 0.2) is 53.0 Å². The topological polar surface area (TPSA) is 47.6 Å². The monoisotopic (exact) mass is 417 g/mol. The van der Waals surface area contributed by atoms with Gasteiger partial charge in [-0.15, -0.1) is 0 Å². The number of hydrogen-bond acceptors (Lipinski definition) is 3. The van der Waals surface area contributed by atoms with Crippen molar-refractivity contribution in [3.05, 3.63) is 64.1 Å². The quantitative estimate of drug-likeness (QED) is 0.722. The normalized spacial score (nSPS) is 16.1. The lowest BCUT2D eigenvalue weighted by atomic mass is 9.73. The van der Waals surface area contributed by atoms with E-state index in [4.69, 9.17) is 9.47 Å². The van der Waals surface area contributed by atoms with Crippen molar-refractivity contribution >= 4 is 21.8 Å². The van der Waals surface area contributed by atoms with Gasteiger partial charge in [0.1, 0.15) is 12.4 Å². The minimum absolute atomic E-state index is 0.0515. The largest absolute Gasteiger partial charge is 0.492 e. The van der Waals surface area contributed by atoms with Crippen LogP contribution in [-0.2, 0) is 14.9 Å². The number of halogens is 1. The second kappa shape index (κ2) is 8.69. The highest BCUT2D eigenvalue weighted by Crippen LogP contribution is 2.35. The Labute approximate surface area is 163 Å². The molecule has 1 saturated heterocycles. The standard InChI is InChI=1S/C21H24BrNO3/c1-16-2-8-19(9-3-16)26-15-12-23-20(24)21(10-13-25-14-11-21)17-4-6-18(22)7-5-17/h2-9H,10-15H2,1H3,(H,23,24). The van der Waals surface area contributed by atoms with Crippen molar-refractivity contribution < 1.29 is 14.3 Å². The lowest BCUT2D eigenvalue weighted by Gasteiger charge is -2.36. The highest BCUT2D eigenvalue weighted by molar-refractivity contribution is 9.10. The summed E-state index contributed by atoms with van der Waals surface area (Å²) < 4.78 is 12.2. The summed E-state index contributed by atoms with van der Waals surface area (Å²) in [5.41, 5.74) is 1.71. The first kappa shape index (κ1) is 18.9. The first-order chi connectivity index (χ1) is 12.6. The molecule has 2 aromatic rings. The highest BCUT2D eigenvalue weighted by Gasteiger charge is 2.41. The second-order valence-corrected chi connectivity index (χ2v) is 7.53. The SMILES string of the molecule is Cc1ccc(OCCNC(=O)C2(c3ccc(Br)cc3)CCOCC2)cc1. The van der Waals surface area contributed by atoms with E-state index in [1.807, 2.05) is 55.5 Å². The van der Waals surface area contributed by atoms with Gasteiger partial charge in [-0.3, -0.25) is 4.79 Å². The molecule has 0 atom stereocenters. The van der Waals surface area contributed by atoms with Crippen molar-refractivity contribution in [2.45, 2.75) is 25.2 Å². The molecule has 2 aromatic carbocycles. The number of carbonyl (C=O) groups excluding carboxylic acids is 1. The zero-order valence-electron chi connectivity index (χ0n) is 15.0. The number of hydrogen-bond donors (Lipinski definition) is 1. The fraction of sp³-hybridized carbons (Fsp3) is 0.381. The third kappa shape index (κ3) is 4.46. The molecule has 138 valence electrons. The molecule has 0 aromatic heterocycles. The average Bonchev–Trinajstić information content (AvgIpc) is 2.67. The number of amides is 1. The zero-order valence-corrected chi connectivity index (χ0v) is 16.6. The molecule has 0 spiro atoms.